The van der Waals surface area contributed by atoms with Gasteiger partial charge in [0.15, 0.2) is 5.75 Å². The molecular formula is C13H16Cl2O3. The van der Waals surface area contributed by atoms with Gasteiger partial charge in [0, 0.05) is 5.02 Å². The molecule has 0 aliphatic carbocycles. The van der Waals surface area contributed by atoms with Crippen molar-refractivity contribution in [3.63, 3.8) is 0 Å². The molecule has 0 aliphatic rings. The fourth-order valence-corrected chi connectivity index (χ4v) is 2.22. The molecule has 18 heavy (non-hydrogen) atoms. The number of ether oxygens (including phenoxy) is 1. The summed E-state index contributed by atoms with van der Waals surface area (Å²) < 4.78 is 5.53. The van der Waals surface area contributed by atoms with Crippen LogP contribution in [0.2, 0.25) is 10.0 Å². The summed E-state index contributed by atoms with van der Waals surface area (Å²) in [5.41, 5.74) is -0.00352. The van der Waals surface area contributed by atoms with Gasteiger partial charge in [0.2, 0.25) is 0 Å². The van der Waals surface area contributed by atoms with Gasteiger partial charge in [0.05, 0.1) is 11.6 Å². The molecule has 0 saturated carbocycles. The first-order valence-corrected chi connectivity index (χ1v) is 6.56. The summed E-state index contributed by atoms with van der Waals surface area (Å²) in [6.07, 6.45) is 2.08. The molecule has 0 fully saturated rings. The largest absolute Gasteiger partial charge is 0.491 e. The number of carbonyl (C=O) groups is 1. The van der Waals surface area contributed by atoms with Crippen molar-refractivity contribution in [2.24, 2.45) is 5.92 Å². The van der Waals surface area contributed by atoms with Crippen LogP contribution in [0, 0.1) is 5.92 Å². The Morgan fingerprint density at radius 1 is 1.44 bits per heavy atom. The lowest BCUT2D eigenvalue weighted by molar-refractivity contribution is 0.0691. The molecule has 0 radical (unpaired) electrons. The number of hydrogen-bond donors (Lipinski definition) is 1. The number of halogens is 2. The van der Waals surface area contributed by atoms with E-state index in [0.717, 1.165) is 12.8 Å². The van der Waals surface area contributed by atoms with Gasteiger partial charge in [-0.05, 0) is 24.5 Å². The van der Waals surface area contributed by atoms with Crippen LogP contribution in [-0.4, -0.2) is 17.7 Å². The second kappa shape index (κ2) is 6.86. The van der Waals surface area contributed by atoms with Crippen molar-refractivity contribution in [3.05, 3.63) is 27.7 Å². The summed E-state index contributed by atoms with van der Waals surface area (Å²) in [7, 11) is 0. The van der Waals surface area contributed by atoms with Crippen LogP contribution in [0.1, 0.15) is 37.0 Å². The highest BCUT2D eigenvalue weighted by atomic mass is 35.5. The number of benzene rings is 1. The second-order valence-electron chi connectivity index (χ2n) is 4.27. The molecule has 3 nitrogen and oxygen atoms in total. The first-order chi connectivity index (χ1) is 8.45. The van der Waals surface area contributed by atoms with Crippen LogP contribution >= 0.6 is 23.2 Å². The van der Waals surface area contributed by atoms with E-state index in [-0.39, 0.29) is 21.4 Å². The zero-order valence-electron chi connectivity index (χ0n) is 10.4. The molecule has 1 rings (SSSR count). The Labute approximate surface area is 117 Å². The summed E-state index contributed by atoms with van der Waals surface area (Å²) in [4.78, 5) is 11.1. The summed E-state index contributed by atoms with van der Waals surface area (Å²) in [5, 5.41) is 9.60. The van der Waals surface area contributed by atoms with Gasteiger partial charge in [0.1, 0.15) is 5.56 Å². The van der Waals surface area contributed by atoms with E-state index in [2.05, 4.69) is 6.92 Å². The first-order valence-electron chi connectivity index (χ1n) is 5.80. The quantitative estimate of drug-likeness (QED) is 0.839. The maximum absolute atomic E-state index is 11.1. The van der Waals surface area contributed by atoms with E-state index in [1.54, 1.807) is 0 Å². The maximum Gasteiger partial charge on any atom is 0.339 e. The topological polar surface area (TPSA) is 46.5 Å². The van der Waals surface area contributed by atoms with Crippen molar-refractivity contribution in [1.82, 2.24) is 0 Å². The zero-order valence-corrected chi connectivity index (χ0v) is 11.9. The van der Waals surface area contributed by atoms with E-state index in [4.69, 9.17) is 33.0 Å². The van der Waals surface area contributed by atoms with Crippen LogP contribution in [0.5, 0.6) is 5.75 Å². The fourth-order valence-electron chi connectivity index (χ4n) is 1.67. The molecule has 1 aromatic carbocycles. The molecule has 0 spiro atoms. The number of aromatic carboxylic acids is 1. The zero-order chi connectivity index (χ0) is 13.7. The number of carboxylic acid groups (broad SMARTS) is 1. The molecule has 1 atom stereocenters. The maximum atomic E-state index is 11.1. The highest BCUT2D eigenvalue weighted by Gasteiger charge is 2.17. The van der Waals surface area contributed by atoms with E-state index in [1.807, 2.05) is 6.92 Å². The molecule has 0 aromatic heterocycles. The third kappa shape index (κ3) is 4.07. The summed E-state index contributed by atoms with van der Waals surface area (Å²) in [6, 6.07) is 2.82. The molecule has 0 heterocycles. The van der Waals surface area contributed by atoms with E-state index in [0.29, 0.717) is 12.5 Å². The van der Waals surface area contributed by atoms with Gasteiger partial charge >= 0.3 is 5.97 Å². The second-order valence-corrected chi connectivity index (χ2v) is 5.12. The van der Waals surface area contributed by atoms with E-state index in [9.17, 15) is 4.79 Å². The van der Waals surface area contributed by atoms with Crippen LogP contribution in [0.25, 0.3) is 0 Å². The summed E-state index contributed by atoms with van der Waals surface area (Å²) in [6.45, 7) is 4.58. The Morgan fingerprint density at radius 3 is 2.67 bits per heavy atom. The Hall–Kier alpha value is -0.930. The van der Waals surface area contributed by atoms with E-state index < -0.39 is 5.97 Å². The molecule has 0 saturated heterocycles. The molecule has 1 N–H and O–H groups in total. The highest BCUT2D eigenvalue weighted by molar-refractivity contribution is 6.36. The molecule has 1 aromatic rings. The van der Waals surface area contributed by atoms with Gasteiger partial charge in [-0.2, -0.15) is 0 Å². The number of carboxylic acids is 1. The standard InChI is InChI=1S/C13H16Cl2O3/c1-3-4-8(2)7-18-12-10(13(16)17)5-9(14)6-11(12)15/h5-6,8H,3-4,7H2,1-2H3,(H,16,17). The lowest BCUT2D eigenvalue weighted by atomic mass is 10.1. The normalized spacial score (nSPS) is 12.2. The molecule has 1 unspecified atom stereocenters. The van der Waals surface area contributed by atoms with Crippen molar-refractivity contribution < 1.29 is 14.6 Å². The van der Waals surface area contributed by atoms with Gasteiger partial charge in [0.25, 0.3) is 0 Å². The van der Waals surface area contributed by atoms with Gasteiger partial charge in [-0.15, -0.1) is 0 Å². The van der Waals surface area contributed by atoms with Crippen molar-refractivity contribution in [2.75, 3.05) is 6.61 Å². The lowest BCUT2D eigenvalue weighted by Gasteiger charge is -2.15. The van der Waals surface area contributed by atoms with E-state index in [1.165, 1.54) is 12.1 Å². The molecular weight excluding hydrogens is 275 g/mol. The predicted octanol–water partition coefficient (Wildman–Crippen LogP) is 4.51. The lowest BCUT2D eigenvalue weighted by Crippen LogP contribution is -2.11. The minimum atomic E-state index is -1.10. The Bertz CT molecular complexity index is 432. The average molecular weight is 291 g/mol. The molecule has 100 valence electrons. The fraction of sp³-hybridized carbons (Fsp3) is 0.462. The monoisotopic (exact) mass is 290 g/mol. The van der Waals surface area contributed by atoms with Crippen LogP contribution in [0.15, 0.2) is 12.1 Å². The molecule has 0 aliphatic heterocycles. The number of hydrogen-bond acceptors (Lipinski definition) is 2. The van der Waals surface area contributed by atoms with Gasteiger partial charge in [-0.3, -0.25) is 0 Å². The van der Waals surface area contributed by atoms with Gasteiger partial charge in [-0.1, -0.05) is 43.5 Å². The molecule has 0 amide bonds. The SMILES string of the molecule is CCCC(C)COc1c(Cl)cc(Cl)cc1C(=O)O. The van der Waals surface area contributed by atoms with Crippen molar-refractivity contribution in [3.8, 4) is 5.75 Å². The minimum absolute atomic E-state index is 0.00352. The summed E-state index contributed by atoms with van der Waals surface area (Å²) in [5.74, 6) is -0.558. The van der Waals surface area contributed by atoms with Gasteiger partial charge in [-0.25, -0.2) is 4.79 Å². The Kier molecular flexibility index (Phi) is 5.76. The van der Waals surface area contributed by atoms with E-state index >= 15 is 0 Å². The minimum Gasteiger partial charge on any atom is -0.491 e. The third-order valence-electron chi connectivity index (χ3n) is 2.53. The molecule has 5 heteroatoms. The first kappa shape index (κ1) is 15.1. The third-order valence-corrected chi connectivity index (χ3v) is 3.03. The van der Waals surface area contributed by atoms with Crippen LogP contribution < -0.4 is 4.74 Å². The predicted molar refractivity (Wildman–Crippen MR) is 73.0 cm³/mol. The number of rotatable bonds is 6. The Balaban J connectivity index is 2.90. The van der Waals surface area contributed by atoms with Crippen molar-refractivity contribution in [2.45, 2.75) is 26.7 Å². The average Bonchev–Trinajstić information content (AvgIpc) is 2.27. The van der Waals surface area contributed by atoms with Crippen molar-refractivity contribution >= 4 is 29.2 Å². The highest BCUT2D eigenvalue weighted by Crippen LogP contribution is 2.33. The van der Waals surface area contributed by atoms with Gasteiger partial charge < -0.3 is 9.84 Å². The van der Waals surface area contributed by atoms with Crippen LogP contribution in [0.4, 0.5) is 0 Å². The van der Waals surface area contributed by atoms with Crippen LogP contribution in [0.3, 0.4) is 0 Å². The van der Waals surface area contributed by atoms with Crippen LogP contribution in [-0.2, 0) is 0 Å². The molecule has 0 bridgehead atoms. The Morgan fingerprint density at radius 2 is 2.11 bits per heavy atom. The summed E-state index contributed by atoms with van der Waals surface area (Å²) >= 11 is 11.7. The van der Waals surface area contributed by atoms with Crippen molar-refractivity contribution in [1.29, 1.82) is 0 Å². The smallest absolute Gasteiger partial charge is 0.339 e.